The van der Waals surface area contributed by atoms with Gasteiger partial charge in [0.1, 0.15) is 0 Å². The Labute approximate surface area is 118 Å². The zero-order valence-electron chi connectivity index (χ0n) is 10.1. The highest BCUT2D eigenvalue weighted by Gasteiger charge is 2.14. The summed E-state index contributed by atoms with van der Waals surface area (Å²) in [6.45, 7) is 5.64. The van der Waals surface area contributed by atoms with Crippen molar-refractivity contribution in [1.29, 1.82) is 0 Å². The Morgan fingerprint density at radius 3 is 2.53 bits per heavy atom. The van der Waals surface area contributed by atoms with E-state index in [0.29, 0.717) is 0 Å². The largest absolute Gasteiger partial charge is 0.347 e. The minimum absolute atomic E-state index is 0. The van der Waals surface area contributed by atoms with Gasteiger partial charge in [0.15, 0.2) is 0 Å². The van der Waals surface area contributed by atoms with Crippen LogP contribution in [0.5, 0.6) is 0 Å². The van der Waals surface area contributed by atoms with Crippen LogP contribution >= 0.6 is 36.2 Å². The number of aryl methyl sites for hydroxylation is 1. The number of nitrogens with one attached hydrogen (secondary N) is 1. The monoisotopic (exact) mass is 299 g/mol. The summed E-state index contributed by atoms with van der Waals surface area (Å²) in [5, 5.41) is 5.88. The van der Waals surface area contributed by atoms with Crippen LogP contribution < -0.4 is 11.1 Å². The number of carbonyl (C=O) groups is 1. The first-order valence-corrected chi connectivity index (χ1v) is 5.92. The highest BCUT2D eigenvalue weighted by Crippen LogP contribution is 2.16. The van der Waals surface area contributed by atoms with Crippen LogP contribution in [-0.2, 0) is 11.2 Å². The fourth-order valence-corrected chi connectivity index (χ4v) is 1.94. The van der Waals surface area contributed by atoms with Crippen molar-refractivity contribution in [3.05, 3.63) is 16.1 Å². The average Bonchev–Trinajstić information content (AvgIpc) is 2.65. The second-order valence-corrected chi connectivity index (χ2v) is 4.48. The second kappa shape index (κ2) is 8.69. The lowest BCUT2D eigenvalue weighted by Gasteiger charge is -2.13. The van der Waals surface area contributed by atoms with Crippen molar-refractivity contribution in [3.63, 3.8) is 0 Å². The molecular formula is C10H19Cl2N3OS. The van der Waals surface area contributed by atoms with Crippen molar-refractivity contribution in [1.82, 2.24) is 10.3 Å². The summed E-state index contributed by atoms with van der Waals surface area (Å²) in [5.41, 5.74) is 6.37. The van der Waals surface area contributed by atoms with Crippen molar-refractivity contribution in [2.45, 2.75) is 39.3 Å². The van der Waals surface area contributed by atoms with E-state index >= 15 is 0 Å². The van der Waals surface area contributed by atoms with E-state index in [1.807, 2.05) is 12.3 Å². The van der Waals surface area contributed by atoms with Gasteiger partial charge in [-0.3, -0.25) is 4.79 Å². The molecule has 1 rings (SSSR count). The number of hydrogen-bond donors (Lipinski definition) is 2. The molecule has 17 heavy (non-hydrogen) atoms. The van der Waals surface area contributed by atoms with Crippen molar-refractivity contribution in [2.24, 2.45) is 5.73 Å². The average molecular weight is 300 g/mol. The molecule has 0 aliphatic heterocycles. The van der Waals surface area contributed by atoms with Crippen LogP contribution in [0.15, 0.2) is 5.38 Å². The Kier molecular flexibility index (Phi) is 9.71. The van der Waals surface area contributed by atoms with Crippen LogP contribution in [0.1, 0.15) is 37.5 Å². The fourth-order valence-electron chi connectivity index (χ4n) is 1.11. The standard InChI is InChI=1S/C10H17N3OS.2ClH/c1-4-9-13-8(5-15-9)7(3)12-10(14)6(2)11;;/h5-7H,4,11H2,1-3H3,(H,12,14);2*1H/t6-,7?;;/m1../s1. The first-order chi connectivity index (χ1) is 7.04. The van der Waals surface area contributed by atoms with Gasteiger partial charge in [-0.2, -0.15) is 0 Å². The lowest BCUT2D eigenvalue weighted by Crippen LogP contribution is -2.39. The van der Waals surface area contributed by atoms with E-state index in [1.54, 1.807) is 18.3 Å². The third-order valence-corrected chi connectivity index (χ3v) is 3.10. The normalized spacial score (nSPS) is 12.9. The summed E-state index contributed by atoms with van der Waals surface area (Å²) in [5.74, 6) is -0.145. The van der Waals surface area contributed by atoms with Crippen molar-refractivity contribution >= 4 is 42.1 Å². The first kappa shape index (κ1) is 19.0. The lowest BCUT2D eigenvalue weighted by molar-refractivity contribution is -0.122. The predicted molar refractivity (Wildman–Crippen MR) is 76.2 cm³/mol. The number of carbonyl (C=O) groups excluding carboxylic acids is 1. The van der Waals surface area contributed by atoms with Crippen LogP contribution in [0.25, 0.3) is 0 Å². The molecule has 0 aliphatic rings. The van der Waals surface area contributed by atoms with E-state index < -0.39 is 6.04 Å². The smallest absolute Gasteiger partial charge is 0.237 e. The quantitative estimate of drug-likeness (QED) is 0.894. The van der Waals surface area contributed by atoms with E-state index in [9.17, 15) is 4.79 Å². The summed E-state index contributed by atoms with van der Waals surface area (Å²) in [6, 6.07) is -0.545. The van der Waals surface area contributed by atoms with Gasteiger partial charge in [-0.15, -0.1) is 36.2 Å². The SMILES string of the molecule is CCc1nc(C(C)NC(=O)[C@@H](C)N)cs1.Cl.Cl. The van der Waals surface area contributed by atoms with E-state index in [2.05, 4.69) is 17.2 Å². The zero-order valence-corrected chi connectivity index (χ0v) is 12.5. The number of amides is 1. The topological polar surface area (TPSA) is 68.0 Å². The Bertz CT molecular complexity index is 344. The first-order valence-electron chi connectivity index (χ1n) is 5.04. The van der Waals surface area contributed by atoms with Crippen LogP contribution in [0.2, 0.25) is 0 Å². The van der Waals surface area contributed by atoms with E-state index in [-0.39, 0.29) is 36.8 Å². The summed E-state index contributed by atoms with van der Waals surface area (Å²) in [7, 11) is 0. The number of rotatable bonds is 4. The van der Waals surface area contributed by atoms with Gasteiger partial charge in [0.25, 0.3) is 0 Å². The Balaban J connectivity index is 0. The third kappa shape index (κ3) is 5.68. The van der Waals surface area contributed by atoms with Crippen LogP contribution in [0.4, 0.5) is 0 Å². The van der Waals surface area contributed by atoms with Gasteiger partial charge in [-0.05, 0) is 20.3 Å². The molecule has 0 aromatic carbocycles. The van der Waals surface area contributed by atoms with E-state index in [4.69, 9.17) is 5.73 Å². The number of hydrogen-bond acceptors (Lipinski definition) is 4. The van der Waals surface area contributed by atoms with Gasteiger partial charge < -0.3 is 11.1 Å². The number of nitrogens with zero attached hydrogens (tertiary/aromatic N) is 1. The molecule has 1 amide bonds. The molecule has 1 aromatic rings. The molecule has 1 unspecified atom stereocenters. The highest BCUT2D eigenvalue weighted by molar-refractivity contribution is 7.09. The lowest BCUT2D eigenvalue weighted by atomic mass is 10.2. The van der Waals surface area contributed by atoms with Gasteiger partial charge in [0.05, 0.1) is 22.8 Å². The number of aromatic nitrogens is 1. The van der Waals surface area contributed by atoms with E-state index in [0.717, 1.165) is 17.1 Å². The van der Waals surface area contributed by atoms with Gasteiger partial charge in [-0.1, -0.05) is 6.92 Å². The van der Waals surface area contributed by atoms with Gasteiger partial charge in [0, 0.05) is 5.38 Å². The number of halogens is 2. The number of nitrogens with two attached hydrogens (primary N) is 1. The molecule has 0 radical (unpaired) electrons. The molecule has 4 nitrogen and oxygen atoms in total. The van der Waals surface area contributed by atoms with E-state index in [1.165, 1.54) is 0 Å². The molecule has 0 fully saturated rings. The molecule has 100 valence electrons. The molecule has 7 heteroatoms. The predicted octanol–water partition coefficient (Wildman–Crippen LogP) is 2.07. The minimum atomic E-state index is -0.475. The molecule has 0 saturated carbocycles. The Morgan fingerprint density at radius 2 is 2.12 bits per heavy atom. The highest BCUT2D eigenvalue weighted by atomic mass is 35.5. The maximum atomic E-state index is 11.3. The summed E-state index contributed by atoms with van der Waals surface area (Å²) >= 11 is 1.62. The molecule has 2 atom stereocenters. The molecule has 0 bridgehead atoms. The van der Waals surface area contributed by atoms with Gasteiger partial charge in [0.2, 0.25) is 5.91 Å². The molecular weight excluding hydrogens is 281 g/mol. The zero-order chi connectivity index (χ0) is 11.4. The van der Waals surface area contributed by atoms with Gasteiger partial charge >= 0.3 is 0 Å². The molecule has 0 spiro atoms. The van der Waals surface area contributed by atoms with Crippen molar-refractivity contribution in [3.8, 4) is 0 Å². The summed E-state index contributed by atoms with van der Waals surface area (Å²) < 4.78 is 0. The summed E-state index contributed by atoms with van der Waals surface area (Å²) in [4.78, 5) is 15.7. The van der Waals surface area contributed by atoms with Crippen molar-refractivity contribution in [2.75, 3.05) is 0 Å². The Hall–Kier alpha value is -0.360. The maximum absolute atomic E-state index is 11.3. The number of thiazole rings is 1. The molecule has 1 aromatic heterocycles. The molecule has 1 heterocycles. The van der Waals surface area contributed by atoms with Crippen LogP contribution in [-0.4, -0.2) is 16.9 Å². The third-order valence-electron chi connectivity index (χ3n) is 2.09. The minimum Gasteiger partial charge on any atom is -0.347 e. The second-order valence-electron chi connectivity index (χ2n) is 3.54. The Morgan fingerprint density at radius 1 is 1.53 bits per heavy atom. The van der Waals surface area contributed by atoms with Crippen LogP contribution in [0, 0.1) is 0 Å². The molecule has 0 saturated heterocycles. The maximum Gasteiger partial charge on any atom is 0.237 e. The van der Waals surface area contributed by atoms with Crippen molar-refractivity contribution < 1.29 is 4.79 Å². The molecule has 3 N–H and O–H groups in total. The fraction of sp³-hybridized carbons (Fsp3) is 0.600. The molecule has 0 aliphatic carbocycles. The summed E-state index contributed by atoms with van der Waals surface area (Å²) in [6.07, 6.45) is 0.929. The van der Waals surface area contributed by atoms with Crippen LogP contribution in [0.3, 0.4) is 0 Å². The van der Waals surface area contributed by atoms with Gasteiger partial charge in [-0.25, -0.2) is 4.98 Å².